The van der Waals surface area contributed by atoms with E-state index in [0.29, 0.717) is 23.2 Å². The van der Waals surface area contributed by atoms with Gasteiger partial charge < -0.3 is 5.73 Å². The second-order valence-electron chi connectivity index (χ2n) is 7.85. The van der Waals surface area contributed by atoms with Crippen LogP contribution in [0.1, 0.15) is 64.9 Å². The Morgan fingerprint density at radius 3 is 2.41 bits per heavy atom. The van der Waals surface area contributed by atoms with E-state index in [4.69, 9.17) is 5.73 Å². The topological polar surface area (TPSA) is 123 Å². The first-order valence-corrected chi connectivity index (χ1v) is 9.99. The maximum atomic E-state index is 11.6. The van der Waals surface area contributed by atoms with E-state index in [0.717, 1.165) is 23.5 Å². The molecule has 0 atom stereocenters. The standard InChI is InChI=1S/C21H25N7O/c1-12-19(24-20(21(22)29)13(2)23-12)17-9-7-16(8-10-17)15-5-3-14(4-6-15)11-18-25-27-28-26-18/h7-10,14-15H,3-6,11H2,1-2H3,(H2,22,29)(H,25,26,27,28)/t14-,15-. The van der Waals surface area contributed by atoms with Gasteiger partial charge in [-0.15, -0.1) is 5.10 Å². The summed E-state index contributed by atoms with van der Waals surface area (Å²) in [6.07, 6.45) is 5.61. The van der Waals surface area contributed by atoms with Crippen LogP contribution in [0.3, 0.4) is 0 Å². The van der Waals surface area contributed by atoms with Crippen LogP contribution < -0.4 is 5.73 Å². The monoisotopic (exact) mass is 391 g/mol. The molecule has 3 aromatic rings. The zero-order valence-electron chi connectivity index (χ0n) is 16.7. The Bertz CT molecular complexity index is 991. The van der Waals surface area contributed by atoms with Crippen molar-refractivity contribution in [3.63, 3.8) is 0 Å². The number of hydrogen-bond donors (Lipinski definition) is 2. The largest absolute Gasteiger partial charge is 0.364 e. The Kier molecular flexibility index (Phi) is 5.33. The summed E-state index contributed by atoms with van der Waals surface area (Å²) >= 11 is 0. The lowest BCUT2D eigenvalue weighted by molar-refractivity contribution is 0.0994. The van der Waals surface area contributed by atoms with Gasteiger partial charge in [0.15, 0.2) is 0 Å². The van der Waals surface area contributed by atoms with E-state index in [-0.39, 0.29) is 5.69 Å². The number of aryl methyl sites for hydroxylation is 2. The zero-order valence-corrected chi connectivity index (χ0v) is 16.7. The predicted molar refractivity (Wildman–Crippen MR) is 108 cm³/mol. The van der Waals surface area contributed by atoms with Crippen LogP contribution in [0.4, 0.5) is 0 Å². The van der Waals surface area contributed by atoms with Crippen LogP contribution in [-0.2, 0) is 6.42 Å². The number of aromatic amines is 1. The van der Waals surface area contributed by atoms with Gasteiger partial charge in [-0.3, -0.25) is 9.78 Å². The van der Waals surface area contributed by atoms with E-state index < -0.39 is 5.91 Å². The molecule has 1 amide bonds. The van der Waals surface area contributed by atoms with E-state index in [9.17, 15) is 4.79 Å². The summed E-state index contributed by atoms with van der Waals surface area (Å²) in [5.74, 6) is 1.53. The molecule has 1 aromatic carbocycles. The lowest BCUT2D eigenvalue weighted by Crippen LogP contribution is -2.17. The minimum Gasteiger partial charge on any atom is -0.364 e. The Labute approximate surface area is 169 Å². The molecule has 1 aliphatic carbocycles. The van der Waals surface area contributed by atoms with Gasteiger partial charge in [0, 0.05) is 12.0 Å². The number of hydrogen-bond acceptors (Lipinski definition) is 6. The molecule has 3 N–H and O–H groups in total. The maximum Gasteiger partial charge on any atom is 0.269 e. The van der Waals surface area contributed by atoms with Crippen LogP contribution in [0.15, 0.2) is 24.3 Å². The number of rotatable bonds is 5. The summed E-state index contributed by atoms with van der Waals surface area (Å²) in [6, 6.07) is 8.48. The minimum atomic E-state index is -0.550. The van der Waals surface area contributed by atoms with E-state index in [1.54, 1.807) is 6.92 Å². The fourth-order valence-corrected chi connectivity index (χ4v) is 4.29. The summed E-state index contributed by atoms with van der Waals surface area (Å²) in [7, 11) is 0. The second-order valence-corrected chi connectivity index (χ2v) is 7.85. The highest BCUT2D eigenvalue weighted by atomic mass is 16.1. The molecule has 150 valence electrons. The van der Waals surface area contributed by atoms with Crippen LogP contribution in [-0.4, -0.2) is 36.5 Å². The van der Waals surface area contributed by atoms with Crippen molar-refractivity contribution in [2.45, 2.75) is 51.9 Å². The van der Waals surface area contributed by atoms with Gasteiger partial charge in [0.25, 0.3) is 5.91 Å². The molecular weight excluding hydrogens is 366 g/mol. The fourth-order valence-electron chi connectivity index (χ4n) is 4.29. The molecule has 8 heteroatoms. The van der Waals surface area contributed by atoms with Crippen molar-refractivity contribution in [2.75, 3.05) is 0 Å². The zero-order chi connectivity index (χ0) is 20.4. The number of nitrogens with one attached hydrogen (secondary N) is 1. The summed E-state index contributed by atoms with van der Waals surface area (Å²) in [5, 5.41) is 14.2. The summed E-state index contributed by atoms with van der Waals surface area (Å²) < 4.78 is 0. The molecule has 0 unspecified atom stereocenters. The van der Waals surface area contributed by atoms with Crippen LogP contribution in [0.2, 0.25) is 0 Å². The maximum absolute atomic E-state index is 11.6. The molecule has 8 nitrogen and oxygen atoms in total. The highest BCUT2D eigenvalue weighted by molar-refractivity contribution is 5.92. The number of H-pyrrole nitrogens is 1. The number of aromatic nitrogens is 6. The van der Waals surface area contributed by atoms with Gasteiger partial charge in [0.2, 0.25) is 0 Å². The summed E-state index contributed by atoms with van der Waals surface area (Å²) in [5.41, 5.74) is 10.0. The average molecular weight is 391 g/mol. The first-order valence-electron chi connectivity index (χ1n) is 9.99. The van der Waals surface area contributed by atoms with Crippen LogP contribution in [0, 0.1) is 19.8 Å². The van der Waals surface area contributed by atoms with E-state index in [1.807, 2.05) is 6.92 Å². The predicted octanol–water partition coefficient (Wildman–Crippen LogP) is 2.89. The number of nitrogens with zero attached hydrogens (tertiary/aromatic N) is 5. The Hall–Kier alpha value is -3.16. The Morgan fingerprint density at radius 2 is 1.79 bits per heavy atom. The van der Waals surface area contributed by atoms with Crippen LogP contribution in [0.25, 0.3) is 11.3 Å². The van der Waals surface area contributed by atoms with Crippen molar-refractivity contribution in [1.82, 2.24) is 30.6 Å². The third kappa shape index (κ3) is 4.16. The van der Waals surface area contributed by atoms with Gasteiger partial charge in [0.1, 0.15) is 11.5 Å². The third-order valence-corrected chi connectivity index (χ3v) is 5.85. The second kappa shape index (κ2) is 8.06. The SMILES string of the molecule is Cc1nc(C)c(-c2ccc([C@H]3CC[C@H](Cc4nnn[nH]4)CC3)cc2)nc1C(N)=O. The van der Waals surface area contributed by atoms with Crippen LogP contribution in [0.5, 0.6) is 0 Å². The van der Waals surface area contributed by atoms with Crippen molar-refractivity contribution in [1.29, 1.82) is 0 Å². The molecule has 4 rings (SSSR count). The molecule has 0 bridgehead atoms. The van der Waals surface area contributed by atoms with Crippen LogP contribution >= 0.6 is 0 Å². The smallest absolute Gasteiger partial charge is 0.269 e. The Balaban J connectivity index is 1.45. The molecule has 1 saturated carbocycles. The summed E-state index contributed by atoms with van der Waals surface area (Å²) in [6.45, 7) is 3.65. The molecular formula is C21H25N7O. The number of carbonyl (C=O) groups is 1. The van der Waals surface area contributed by atoms with Gasteiger partial charge in [-0.05, 0) is 67.4 Å². The lowest BCUT2D eigenvalue weighted by Gasteiger charge is -2.28. The van der Waals surface area contributed by atoms with Gasteiger partial charge in [-0.2, -0.15) is 0 Å². The molecule has 0 radical (unpaired) electrons. The van der Waals surface area contributed by atoms with Gasteiger partial charge in [-0.25, -0.2) is 10.1 Å². The van der Waals surface area contributed by atoms with E-state index in [2.05, 4.69) is 54.9 Å². The Morgan fingerprint density at radius 1 is 1.07 bits per heavy atom. The van der Waals surface area contributed by atoms with Gasteiger partial charge >= 0.3 is 0 Å². The third-order valence-electron chi connectivity index (χ3n) is 5.85. The lowest BCUT2D eigenvalue weighted by atomic mass is 9.77. The van der Waals surface area contributed by atoms with Gasteiger partial charge in [-0.1, -0.05) is 24.3 Å². The molecule has 1 fully saturated rings. The normalized spacial score (nSPS) is 19.2. The highest BCUT2D eigenvalue weighted by Gasteiger charge is 2.23. The summed E-state index contributed by atoms with van der Waals surface area (Å²) in [4.78, 5) is 20.5. The van der Waals surface area contributed by atoms with E-state index >= 15 is 0 Å². The molecule has 2 heterocycles. The number of primary amides is 1. The van der Waals surface area contributed by atoms with Crippen molar-refractivity contribution >= 4 is 5.91 Å². The van der Waals surface area contributed by atoms with E-state index in [1.165, 1.54) is 31.2 Å². The highest BCUT2D eigenvalue weighted by Crippen LogP contribution is 2.37. The minimum absolute atomic E-state index is 0.231. The first kappa shape index (κ1) is 19.2. The van der Waals surface area contributed by atoms with Crippen molar-refractivity contribution in [2.24, 2.45) is 11.7 Å². The fraction of sp³-hybridized carbons (Fsp3) is 0.429. The molecule has 29 heavy (non-hydrogen) atoms. The molecule has 0 aliphatic heterocycles. The first-order chi connectivity index (χ1) is 14.0. The van der Waals surface area contributed by atoms with Crippen molar-refractivity contribution < 1.29 is 4.79 Å². The molecule has 0 spiro atoms. The number of amides is 1. The average Bonchev–Trinajstić information content (AvgIpc) is 3.22. The van der Waals surface area contributed by atoms with Crippen molar-refractivity contribution in [3.05, 3.63) is 52.7 Å². The molecule has 1 aliphatic rings. The number of nitrogens with two attached hydrogens (primary N) is 1. The van der Waals surface area contributed by atoms with Crippen molar-refractivity contribution in [3.8, 4) is 11.3 Å². The quantitative estimate of drug-likeness (QED) is 0.689. The molecule has 0 saturated heterocycles. The van der Waals surface area contributed by atoms with Gasteiger partial charge in [0.05, 0.1) is 17.1 Å². The molecule has 2 aromatic heterocycles. The number of carbonyl (C=O) groups excluding carboxylic acids is 1. The number of benzene rings is 1. The number of tetrazole rings is 1.